The summed E-state index contributed by atoms with van der Waals surface area (Å²) in [4.78, 5) is 58.3. The Hall–Kier alpha value is -3.02. The molecule has 0 aromatic heterocycles. The van der Waals surface area contributed by atoms with Crippen LogP contribution in [0.4, 0.5) is 4.79 Å². The third kappa shape index (κ3) is 9.96. The van der Waals surface area contributed by atoms with Crippen molar-refractivity contribution in [2.45, 2.75) is 38.6 Å². The molecule has 0 fully saturated rings. The molecule has 11 nitrogen and oxygen atoms in total. The predicted molar refractivity (Wildman–Crippen MR) is 113 cm³/mol. The Kier molecular flexibility index (Phi) is 11.0. The number of hydrogen-bond donors (Lipinski definition) is 5. The van der Waals surface area contributed by atoms with Crippen molar-refractivity contribution in [3.05, 3.63) is 12.2 Å². The first kappa shape index (κ1) is 25.0. The third-order valence-corrected chi connectivity index (χ3v) is 4.49. The molecule has 1 atom stereocenters. The zero-order valence-electron chi connectivity index (χ0n) is 16.9. The largest absolute Gasteiger partial charge is 0.363 e. The third-order valence-electron chi connectivity index (χ3n) is 4.20. The number of carbonyl (C=O) groups is 5. The number of amides is 5. The molecule has 0 saturated carbocycles. The lowest BCUT2D eigenvalue weighted by atomic mass is 10.1. The highest BCUT2D eigenvalue weighted by Gasteiger charge is 2.22. The number of unbranched alkanes of at least 4 members (excludes halogenated alkanes) is 1. The summed E-state index contributed by atoms with van der Waals surface area (Å²) in [5, 5.41) is 11.0. The zero-order valence-corrected chi connectivity index (χ0v) is 17.7. The van der Waals surface area contributed by atoms with Crippen LogP contribution in [0, 0.1) is 0 Å². The van der Waals surface area contributed by atoms with Gasteiger partial charge in [-0.1, -0.05) is 0 Å². The number of rotatable bonds is 13. The summed E-state index contributed by atoms with van der Waals surface area (Å²) >= 11 is 5.09. The van der Waals surface area contributed by atoms with Gasteiger partial charge in [0.2, 0.25) is 5.91 Å². The first-order valence-corrected chi connectivity index (χ1v) is 10.00. The smallest absolute Gasteiger partial charge is 0.312 e. The van der Waals surface area contributed by atoms with Gasteiger partial charge in [0.25, 0.3) is 11.8 Å². The Balaban J connectivity index is 2.16. The van der Waals surface area contributed by atoms with Crippen molar-refractivity contribution in [3.8, 4) is 0 Å². The van der Waals surface area contributed by atoms with Crippen LogP contribution >= 0.6 is 12.2 Å². The zero-order chi connectivity index (χ0) is 22.5. The minimum Gasteiger partial charge on any atom is -0.363 e. The maximum absolute atomic E-state index is 12.0. The Labute approximate surface area is 180 Å². The number of nitrogens with one attached hydrogen (secondary N) is 4. The van der Waals surface area contributed by atoms with Gasteiger partial charge in [-0.05, 0) is 44.8 Å². The highest BCUT2D eigenvalue weighted by Crippen LogP contribution is 2.05. The molecule has 1 unspecified atom stereocenters. The fraction of sp³-hybridized carbons (Fsp3) is 0.556. The van der Waals surface area contributed by atoms with Gasteiger partial charge in [0.15, 0.2) is 10.9 Å². The fourth-order valence-corrected chi connectivity index (χ4v) is 2.79. The van der Waals surface area contributed by atoms with Crippen LogP contribution in [-0.2, 0) is 19.2 Å². The maximum Gasteiger partial charge on any atom is 0.312 e. The van der Waals surface area contributed by atoms with Crippen molar-refractivity contribution < 1.29 is 24.0 Å². The summed E-state index contributed by atoms with van der Waals surface area (Å²) in [5.41, 5.74) is 4.96. The van der Waals surface area contributed by atoms with E-state index in [1.54, 1.807) is 0 Å². The van der Waals surface area contributed by atoms with Crippen LogP contribution in [0.25, 0.3) is 0 Å². The van der Waals surface area contributed by atoms with Gasteiger partial charge in [-0.15, -0.1) is 0 Å². The second-order valence-electron chi connectivity index (χ2n) is 6.64. The van der Waals surface area contributed by atoms with Gasteiger partial charge in [0.05, 0.1) is 12.6 Å². The van der Waals surface area contributed by atoms with E-state index in [1.165, 1.54) is 24.0 Å². The number of hydrogen-bond acceptors (Lipinski definition) is 6. The second-order valence-corrected chi connectivity index (χ2v) is 7.05. The van der Waals surface area contributed by atoms with Gasteiger partial charge < -0.3 is 27.0 Å². The van der Waals surface area contributed by atoms with Crippen LogP contribution in [0.1, 0.15) is 32.6 Å². The number of ketones is 1. The van der Waals surface area contributed by atoms with E-state index in [0.29, 0.717) is 45.3 Å². The van der Waals surface area contributed by atoms with E-state index in [-0.39, 0.29) is 35.2 Å². The molecule has 12 heteroatoms. The Morgan fingerprint density at radius 1 is 1.03 bits per heavy atom. The van der Waals surface area contributed by atoms with Crippen molar-refractivity contribution >= 4 is 46.9 Å². The van der Waals surface area contributed by atoms with Crippen LogP contribution in [0.2, 0.25) is 0 Å². The molecule has 0 aromatic carbocycles. The molecule has 166 valence electrons. The number of thiocarbonyl (C=S) groups is 1. The van der Waals surface area contributed by atoms with Gasteiger partial charge >= 0.3 is 6.03 Å². The van der Waals surface area contributed by atoms with Crippen molar-refractivity contribution in [2.75, 3.05) is 26.2 Å². The predicted octanol–water partition coefficient (Wildman–Crippen LogP) is -1.32. The van der Waals surface area contributed by atoms with Crippen molar-refractivity contribution in [2.24, 2.45) is 5.73 Å². The van der Waals surface area contributed by atoms with Crippen LogP contribution < -0.4 is 27.0 Å². The monoisotopic (exact) mass is 440 g/mol. The van der Waals surface area contributed by atoms with Crippen molar-refractivity contribution in [3.63, 3.8) is 0 Å². The molecule has 0 saturated heterocycles. The molecular weight excluding hydrogens is 412 g/mol. The van der Waals surface area contributed by atoms with E-state index in [4.69, 9.17) is 18.0 Å². The summed E-state index contributed by atoms with van der Waals surface area (Å²) in [6.45, 7) is 2.46. The molecule has 0 radical (unpaired) electrons. The summed E-state index contributed by atoms with van der Waals surface area (Å²) in [7, 11) is 0. The molecule has 1 rings (SSSR count). The number of nitrogens with two attached hydrogens (primary N) is 1. The highest BCUT2D eigenvalue weighted by molar-refractivity contribution is 7.80. The minimum absolute atomic E-state index is 0.0996. The van der Waals surface area contributed by atoms with Gasteiger partial charge in [0.1, 0.15) is 0 Å². The van der Waals surface area contributed by atoms with E-state index in [9.17, 15) is 24.0 Å². The normalized spacial score (nSPS) is 13.7. The number of primary amides is 1. The SMILES string of the molecule is CC(=O)C(CCCNC(N)=O)NC(=O)CNC(=S)NCCCCN1C(=O)C=CC1=O. The lowest BCUT2D eigenvalue weighted by molar-refractivity contribution is -0.136. The molecule has 0 spiro atoms. The average molecular weight is 441 g/mol. The molecule has 1 aliphatic heterocycles. The first-order chi connectivity index (χ1) is 14.2. The number of carbonyl (C=O) groups excluding carboxylic acids is 5. The Bertz CT molecular complexity index is 693. The van der Waals surface area contributed by atoms with Gasteiger partial charge in [-0.2, -0.15) is 0 Å². The van der Waals surface area contributed by atoms with Crippen molar-refractivity contribution in [1.82, 2.24) is 26.2 Å². The topological polar surface area (TPSA) is 163 Å². The quantitative estimate of drug-likeness (QED) is 0.134. The van der Waals surface area contributed by atoms with Crippen LogP contribution in [0.3, 0.4) is 0 Å². The van der Waals surface area contributed by atoms with Gasteiger partial charge in [-0.25, -0.2) is 4.79 Å². The number of Topliss-reactive ketones (excluding diaryl/α,β-unsaturated/α-hetero) is 1. The minimum atomic E-state index is -0.652. The first-order valence-electron chi connectivity index (χ1n) is 9.59. The van der Waals surface area contributed by atoms with E-state index >= 15 is 0 Å². The molecule has 5 amide bonds. The van der Waals surface area contributed by atoms with Crippen LogP contribution in [0.15, 0.2) is 12.2 Å². The lowest BCUT2D eigenvalue weighted by Crippen LogP contribution is -2.47. The molecule has 1 aliphatic rings. The van der Waals surface area contributed by atoms with E-state index in [0.717, 1.165) is 0 Å². The van der Waals surface area contributed by atoms with E-state index in [1.807, 2.05) is 0 Å². The van der Waals surface area contributed by atoms with Crippen LogP contribution in [-0.4, -0.2) is 71.8 Å². The second kappa shape index (κ2) is 13.2. The summed E-state index contributed by atoms with van der Waals surface area (Å²) in [5.74, 6) is -1.18. The molecule has 0 aliphatic carbocycles. The van der Waals surface area contributed by atoms with Crippen molar-refractivity contribution in [1.29, 1.82) is 0 Å². The highest BCUT2D eigenvalue weighted by atomic mass is 32.1. The summed E-state index contributed by atoms with van der Waals surface area (Å²) < 4.78 is 0. The molecule has 0 aromatic rings. The fourth-order valence-electron chi connectivity index (χ4n) is 2.61. The van der Waals surface area contributed by atoms with E-state index in [2.05, 4.69) is 21.3 Å². The average Bonchev–Trinajstić information content (AvgIpc) is 2.99. The maximum atomic E-state index is 12.0. The van der Waals surface area contributed by atoms with Crippen LogP contribution in [0.5, 0.6) is 0 Å². The molecular formula is C18H28N6O5S. The summed E-state index contributed by atoms with van der Waals surface area (Å²) in [6, 6.07) is -1.29. The Morgan fingerprint density at radius 3 is 2.27 bits per heavy atom. The number of urea groups is 1. The number of imide groups is 1. The molecule has 0 bridgehead atoms. The van der Waals surface area contributed by atoms with E-state index < -0.39 is 12.1 Å². The molecule has 6 N–H and O–H groups in total. The van der Waals surface area contributed by atoms with Gasteiger partial charge in [-0.3, -0.25) is 24.1 Å². The summed E-state index contributed by atoms with van der Waals surface area (Å²) in [6.07, 6.45) is 4.67. The van der Waals surface area contributed by atoms with Gasteiger partial charge in [0, 0.05) is 31.8 Å². The molecule has 30 heavy (non-hydrogen) atoms. The molecule has 1 heterocycles. The standard InChI is InChI=1S/C18H28N6O5S/c1-12(25)13(5-4-9-20-17(19)29)23-14(26)11-22-18(30)21-8-2-3-10-24-15(27)6-7-16(24)28/h6-7,13H,2-5,8-11H2,1H3,(H,23,26)(H3,19,20,29)(H2,21,22,30). The number of nitrogens with zero attached hydrogens (tertiary/aromatic N) is 1. The lowest BCUT2D eigenvalue weighted by Gasteiger charge is -2.17. The Morgan fingerprint density at radius 2 is 1.67 bits per heavy atom.